The molecule has 6 heteroatoms. The van der Waals surface area contributed by atoms with Crippen LogP contribution in [0.1, 0.15) is 35.1 Å². The number of hydrogen-bond acceptors (Lipinski definition) is 4. The van der Waals surface area contributed by atoms with Crippen molar-refractivity contribution in [1.82, 2.24) is 14.3 Å². The molecule has 1 saturated heterocycles. The molecule has 1 aromatic carbocycles. The number of nitrogens with one attached hydrogen (secondary N) is 3. The van der Waals surface area contributed by atoms with E-state index in [9.17, 15) is 4.79 Å². The van der Waals surface area contributed by atoms with Crippen LogP contribution >= 0.6 is 12.1 Å². The van der Waals surface area contributed by atoms with Crippen molar-refractivity contribution in [3.63, 3.8) is 0 Å². The lowest BCUT2D eigenvalue weighted by molar-refractivity contribution is 0.182. The van der Waals surface area contributed by atoms with Gasteiger partial charge in [0.15, 0.2) is 0 Å². The number of amides is 2. The zero-order valence-electron chi connectivity index (χ0n) is 13.6. The van der Waals surface area contributed by atoms with Crippen molar-refractivity contribution >= 4 is 23.9 Å². The van der Waals surface area contributed by atoms with Gasteiger partial charge in [0.25, 0.3) is 0 Å². The van der Waals surface area contributed by atoms with E-state index in [0.29, 0.717) is 6.04 Å². The summed E-state index contributed by atoms with van der Waals surface area (Å²) in [6, 6.07) is 2.73. The van der Waals surface area contributed by atoms with Gasteiger partial charge in [-0.15, -0.1) is 0 Å². The van der Waals surface area contributed by atoms with Crippen molar-refractivity contribution in [2.24, 2.45) is 0 Å². The number of likely N-dealkylation sites (N-methyl/N-ethyl adjacent to an activating group) is 1. The fourth-order valence-corrected chi connectivity index (χ4v) is 4.56. The molecule has 2 aliphatic carbocycles. The molecule has 23 heavy (non-hydrogen) atoms. The van der Waals surface area contributed by atoms with E-state index >= 15 is 0 Å². The van der Waals surface area contributed by atoms with Gasteiger partial charge in [0, 0.05) is 37.0 Å². The van der Waals surface area contributed by atoms with E-state index in [2.05, 4.69) is 32.8 Å². The molecule has 5 nitrogen and oxygen atoms in total. The molecule has 0 atom stereocenters. The molecule has 2 amide bonds. The summed E-state index contributed by atoms with van der Waals surface area (Å²) in [4.78, 5) is 14.5. The highest BCUT2D eigenvalue weighted by Gasteiger charge is 2.25. The zero-order chi connectivity index (χ0) is 15.8. The molecule has 1 heterocycles. The third-order valence-corrected chi connectivity index (χ3v) is 5.88. The number of fused-ring (bicyclic) bond motifs is 2. The predicted molar refractivity (Wildman–Crippen MR) is 94.7 cm³/mol. The number of aryl methyl sites for hydroxylation is 2. The van der Waals surface area contributed by atoms with Crippen LogP contribution in [0.4, 0.5) is 10.5 Å². The Balaban J connectivity index is 1.39. The molecule has 0 saturated carbocycles. The Morgan fingerprint density at radius 3 is 2.39 bits per heavy atom. The van der Waals surface area contributed by atoms with E-state index in [1.807, 2.05) is 0 Å². The molecule has 1 aliphatic heterocycles. The van der Waals surface area contributed by atoms with E-state index in [1.165, 1.54) is 47.2 Å². The first kappa shape index (κ1) is 15.3. The molecule has 0 spiro atoms. The molecule has 0 bridgehead atoms. The van der Waals surface area contributed by atoms with E-state index in [-0.39, 0.29) is 6.03 Å². The fraction of sp³-hybridized carbons (Fsp3) is 0.588. The Morgan fingerprint density at radius 2 is 1.78 bits per heavy atom. The number of hydrogen-bond donors (Lipinski definition) is 3. The molecule has 124 valence electrons. The van der Waals surface area contributed by atoms with Crippen molar-refractivity contribution in [3.8, 4) is 0 Å². The van der Waals surface area contributed by atoms with Gasteiger partial charge in [-0.2, -0.15) is 0 Å². The first-order valence-corrected chi connectivity index (χ1v) is 9.36. The van der Waals surface area contributed by atoms with Gasteiger partial charge < -0.3 is 10.2 Å². The summed E-state index contributed by atoms with van der Waals surface area (Å²) in [6.07, 6.45) is 6.92. The summed E-state index contributed by atoms with van der Waals surface area (Å²) < 4.78 is 6.14. The highest BCUT2D eigenvalue weighted by molar-refractivity contribution is 7.96. The van der Waals surface area contributed by atoms with Crippen LogP contribution in [0.5, 0.6) is 0 Å². The number of carbonyl (C=O) groups is 1. The van der Waals surface area contributed by atoms with Crippen LogP contribution in [0.2, 0.25) is 0 Å². The number of benzene rings is 1. The summed E-state index contributed by atoms with van der Waals surface area (Å²) in [5, 5.41) is 3.14. The summed E-state index contributed by atoms with van der Waals surface area (Å²) in [6.45, 7) is 2.08. The lowest BCUT2D eigenvalue weighted by atomic mass is 9.99. The first-order chi connectivity index (χ1) is 11.2. The normalized spacial score (nSPS) is 20.0. The van der Waals surface area contributed by atoms with Crippen molar-refractivity contribution in [3.05, 3.63) is 28.3 Å². The highest BCUT2D eigenvalue weighted by Crippen LogP contribution is 2.38. The van der Waals surface area contributed by atoms with Crippen molar-refractivity contribution < 1.29 is 4.79 Å². The van der Waals surface area contributed by atoms with Gasteiger partial charge in [-0.3, -0.25) is 4.72 Å². The number of nitrogens with zero attached hydrogens (tertiary/aromatic N) is 1. The van der Waals surface area contributed by atoms with Gasteiger partial charge in [0.2, 0.25) is 0 Å². The average molecular weight is 332 g/mol. The maximum Gasteiger partial charge on any atom is 0.330 e. The van der Waals surface area contributed by atoms with Crippen molar-refractivity contribution in [1.29, 1.82) is 0 Å². The molecule has 4 rings (SSSR count). The molecule has 3 N–H and O–H groups in total. The van der Waals surface area contributed by atoms with E-state index in [4.69, 9.17) is 0 Å². The lowest BCUT2D eigenvalue weighted by Gasteiger charge is -2.36. The van der Waals surface area contributed by atoms with Crippen molar-refractivity contribution in [2.45, 2.75) is 44.6 Å². The second kappa shape index (κ2) is 6.34. The highest BCUT2D eigenvalue weighted by atomic mass is 32.2. The van der Waals surface area contributed by atoms with Gasteiger partial charge in [-0.25, -0.2) is 9.52 Å². The van der Waals surface area contributed by atoms with Gasteiger partial charge >= 0.3 is 6.03 Å². The second-order valence-corrected chi connectivity index (χ2v) is 7.57. The van der Waals surface area contributed by atoms with Crippen LogP contribution < -0.4 is 14.8 Å². The predicted octanol–water partition coefficient (Wildman–Crippen LogP) is 2.25. The lowest BCUT2D eigenvalue weighted by Crippen LogP contribution is -2.54. The Morgan fingerprint density at radius 1 is 1.13 bits per heavy atom. The van der Waals surface area contributed by atoms with E-state index < -0.39 is 0 Å². The molecular weight excluding hydrogens is 308 g/mol. The minimum Gasteiger partial charge on any atom is -0.307 e. The minimum absolute atomic E-state index is 0.121. The van der Waals surface area contributed by atoms with Gasteiger partial charge in [-0.1, -0.05) is 6.07 Å². The Bertz CT molecular complexity index is 595. The quantitative estimate of drug-likeness (QED) is 0.740. The standard InChI is InChI=1S/C17H24N4OS/c1-21-9-13(10-21)19-23-20-17(22)18-16-14-6-2-4-11(14)8-12-5-3-7-15(12)16/h8,13,19H,2-7,9-10H2,1H3,(H2,18,20,22). The summed E-state index contributed by atoms with van der Waals surface area (Å²) in [5.41, 5.74) is 6.75. The van der Waals surface area contributed by atoms with Crippen LogP contribution in [-0.2, 0) is 25.7 Å². The van der Waals surface area contributed by atoms with Gasteiger partial charge in [0.1, 0.15) is 0 Å². The second-order valence-electron chi connectivity index (χ2n) is 6.93. The van der Waals surface area contributed by atoms with Crippen LogP contribution in [0.25, 0.3) is 0 Å². The summed E-state index contributed by atoms with van der Waals surface area (Å²) in [5.74, 6) is 0. The summed E-state index contributed by atoms with van der Waals surface area (Å²) in [7, 11) is 2.10. The molecular formula is C17H24N4OS. The topological polar surface area (TPSA) is 56.4 Å². The Kier molecular flexibility index (Phi) is 4.22. The van der Waals surface area contributed by atoms with Gasteiger partial charge in [-0.05, 0) is 67.8 Å². The molecule has 1 aromatic rings. The largest absolute Gasteiger partial charge is 0.330 e. The SMILES string of the molecule is CN1CC(NSNC(=O)Nc2c3c(cc4c2CCC4)CCC3)C1. The van der Waals surface area contributed by atoms with Crippen molar-refractivity contribution in [2.75, 3.05) is 25.5 Å². The zero-order valence-corrected chi connectivity index (χ0v) is 14.4. The minimum atomic E-state index is -0.121. The fourth-order valence-electron chi connectivity index (χ4n) is 4.04. The maximum atomic E-state index is 12.3. The maximum absolute atomic E-state index is 12.3. The molecule has 0 unspecified atom stereocenters. The van der Waals surface area contributed by atoms with E-state index in [1.54, 1.807) is 0 Å². The number of anilines is 1. The van der Waals surface area contributed by atoms with Crippen LogP contribution in [0, 0.1) is 0 Å². The summed E-state index contributed by atoms with van der Waals surface area (Å²) >= 11 is 1.29. The molecule has 3 aliphatic rings. The number of likely N-dealkylation sites (tertiary alicyclic amines) is 1. The number of urea groups is 1. The third kappa shape index (κ3) is 3.07. The average Bonchev–Trinajstić information content (AvgIpc) is 3.13. The number of carbonyl (C=O) groups excluding carboxylic acids is 1. The first-order valence-electron chi connectivity index (χ1n) is 8.54. The van der Waals surface area contributed by atoms with E-state index in [0.717, 1.165) is 44.5 Å². The van der Waals surface area contributed by atoms with Crippen LogP contribution in [0.15, 0.2) is 6.07 Å². The monoisotopic (exact) mass is 332 g/mol. The van der Waals surface area contributed by atoms with Crippen LogP contribution in [0.3, 0.4) is 0 Å². The Hall–Kier alpha value is -1.24. The smallest absolute Gasteiger partial charge is 0.307 e. The van der Waals surface area contributed by atoms with Crippen LogP contribution in [-0.4, -0.2) is 37.1 Å². The molecule has 0 radical (unpaired) electrons. The molecule has 0 aromatic heterocycles. The number of rotatable bonds is 4. The molecule has 1 fully saturated rings. The van der Waals surface area contributed by atoms with Gasteiger partial charge in [0.05, 0.1) is 0 Å². The Labute approximate surface area is 141 Å². The third-order valence-electron chi connectivity index (χ3n) is 5.15.